The number of hydrogen-bond donors (Lipinski definition) is 2. The molecule has 3 aromatic rings. The van der Waals surface area contributed by atoms with E-state index in [0.717, 1.165) is 52.8 Å². The zero-order valence-corrected chi connectivity index (χ0v) is 16.4. The second-order valence-corrected chi connectivity index (χ2v) is 7.93. The van der Waals surface area contributed by atoms with Crippen LogP contribution in [-0.4, -0.2) is 21.8 Å². The Balaban J connectivity index is 0.00000168. The van der Waals surface area contributed by atoms with Crippen molar-refractivity contribution >= 4 is 21.4 Å². The van der Waals surface area contributed by atoms with Crippen molar-refractivity contribution in [3.63, 3.8) is 0 Å². The molecular formula is C18H18N3O3PdS-. The maximum atomic E-state index is 12.8. The molecule has 140 valence electrons. The molecule has 26 heavy (non-hydrogen) atoms. The number of rotatable bonds is 2. The number of thiophene rings is 1. The molecule has 3 aromatic heterocycles. The first-order valence-corrected chi connectivity index (χ1v) is 9.50. The molecule has 2 aliphatic rings. The van der Waals surface area contributed by atoms with Crippen molar-refractivity contribution < 1.29 is 30.3 Å². The molecule has 1 aliphatic carbocycles. The third kappa shape index (κ3) is 2.59. The summed E-state index contributed by atoms with van der Waals surface area (Å²) in [6.07, 6.45) is 8.41. The number of nitrogens with zero attached hydrogens (tertiary/aromatic N) is 2. The van der Waals surface area contributed by atoms with Gasteiger partial charge in [0.1, 0.15) is 16.1 Å². The van der Waals surface area contributed by atoms with Crippen molar-refractivity contribution in [2.45, 2.75) is 44.1 Å². The number of aliphatic hydroxyl groups is 1. The van der Waals surface area contributed by atoms with Crippen LogP contribution in [0.25, 0.3) is 20.5 Å². The van der Waals surface area contributed by atoms with Gasteiger partial charge in [0.2, 0.25) is 0 Å². The van der Waals surface area contributed by atoms with Crippen molar-refractivity contribution in [3.05, 3.63) is 34.0 Å². The Kier molecular flexibility index (Phi) is 4.56. The standard InChI is InChI=1S/C18H19N3O3S.Pd/c22-17-15-12-11(16(21-17)18(23)5-1-2-6-18)4-3-7-24-13(12)14(25-15)10-8-19-20-9-10;/h8-9,23H,1-7H2,(H2,19,20,21,22);/p-1. The second-order valence-electron chi connectivity index (χ2n) is 6.91. The monoisotopic (exact) mass is 462 g/mol. The summed E-state index contributed by atoms with van der Waals surface area (Å²) in [5.74, 6) is 0.747. The van der Waals surface area contributed by atoms with Gasteiger partial charge in [0.15, 0.2) is 0 Å². The van der Waals surface area contributed by atoms with Gasteiger partial charge in [-0.2, -0.15) is 6.20 Å². The molecule has 0 aromatic carbocycles. The van der Waals surface area contributed by atoms with Crippen LogP contribution in [0.4, 0.5) is 0 Å². The smallest absolute Gasteiger partial charge is 0.266 e. The van der Waals surface area contributed by atoms with Crippen molar-refractivity contribution in [1.29, 1.82) is 0 Å². The van der Waals surface area contributed by atoms with Crippen LogP contribution in [0.2, 0.25) is 0 Å². The van der Waals surface area contributed by atoms with Crippen LogP contribution in [0.3, 0.4) is 0 Å². The van der Waals surface area contributed by atoms with Crippen LogP contribution in [0.1, 0.15) is 43.4 Å². The molecular weight excluding hydrogens is 445 g/mol. The van der Waals surface area contributed by atoms with Crippen LogP contribution in [-0.2, 0) is 32.4 Å². The van der Waals surface area contributed by atoms with E-state index >= 15 is 0 Å². The van der Waals surface area contributed by atoms with Gasteiger partial charge < -0.3 is 25.0 Å². The van der Waals surface area contributed by atoms with E-state index in [0.29, 0.717) is 29.8 Å². The fraction of sp³-hybridized carbons (Fsp3) is 0.444. The summed E-state index contributed by atoms with van der Waals surface area (Å²) >= 11 is 1.42. The van der Waals surface area contributed by atoms with Crippen LogP contribution >= 0.6 is 11.3 Å². The van der Waals surface area contributed by atoms with E-state index in [-0.39, 0.29) is 26.0 Å². The van der Waals surface area contributed by atoms with Gasteiger partial charge in [0, 0.05) is 32.0 Å². The van der Waals surface area contributed by atoms with E-state index in [1.807, 2.05) is 0 Å². The van der Waals surface area contributed by atoms with E-state index < -0.39 is 5.60 Å². The summed E-state index contributed by atoms with van der Waals surface area (Å²) in [5.41, 5.74) is 1.54. The first kappa shape index (κ1) is 17.9. The van der Waals surface area contributed by atoms with Crippen molar-refractivity contribution in [2.24, 2.45) is 0 Å². The number of aromatic nitrogens is 3. The molecule has 4 heterocycles. The van der Waals surface area contributed by atoms with Crippen molar-refractivity contribution in [1.82, 2.24) is 15.2 Å². The molecule has 1 fully saturated rings. The molecule has 0 unspecified atom stereocenters. The predicted molar refractivity (Wildman–Crippen MR) is 95.2 cm³/mol. The number of nitrogens with one attached hydrogen (secondary N) is 1. The van der Waals surface area contributed by atoms with Crippen molar-refractivity contribution in [3.8, 4) is 16.2 Å². The Morgan fingerprint density at radius 1 is 1.31 bits per heavy atom. The van der Waals surface area contributed by atoms with Gasteiger partial charge in [0.25, 0.3) is 5.56 Å². The molecule has 0 amide bonds. The Hall–Kier alpha value is -1.46. The van der Waals surface area contributed by atoms with Gasteiger partial charge in [-0.15, -0.1) is 11.3 Å². The van der Waals surface area contributed by atoms with E-state index in [4.69, 9.17) is 4.74 Å². The number of hydrogen-bond acceptors (Lipinski definition) is 5. The van der Waals surface area contributed by atoms with Gasteiger partial charge in [0.05, 0.1) is 17.2 Å². The third-order valence-electron chi connectivity index (χ3n) is 5.35. The Labute approximate surface area is 167 Å². The maximum absolute atomic E-state index is 12.8. The zero-order valence-electron chi connectivity index (χ0n) is 14.0. The SMILES string of the molecule is O=c1[nH]c(C2(O)CCCC2)c2c3c(c(-c4cn[n-]c4)sc13)OCCC2.[Pd]. The number of ether oxygens (including phenoxy) is 1. The molecule has 8 heteroatoms. The topological polar surface area (TPSA) is 89.3 Å². The van der Waals surface area contributed by atoms with Gasteiger partial charge in [-0.25, -0.2) is 0 Å². The fourth-order valence-electron chi connectivity index (χ4n) is 4.17. The molecule has 0 saturated heterocycles. The Morgan fingerprint density at radius 2 is 2.12 bits per heavy atom. The number of pyridine rings is 1. The summed E-state index contributed by atoms with van der Waals surface area (Å²) < 4.78 is 6.70. The van der Waals surface area contributed by atoms with Gasteiger partial charge in [-0.05, 0) is 36.8 Å². The molecule has 0 atom stereocenters. The average molecular weight is 463 g/mol. The van der Waals surface area contributed by atoms with E-state index in [2.05, 4.69) is 15.2 Å². The molecule has 0 spiro atoms. The predicted octanol–water partition coefficient (Wildman–Crippen LogP) is 2.69. The maximum Gasteiger partial charge on any atom is 0.266 e. The average Bonchev–Trinajstić information content (AvgIpc) is 3.30. The molecule has 2 N–H and O–H groups in total. The molecule has 0 radical (unpaired) electrons. The summed E-state index contributed by atoms with van der Waals surface area (Å²) in [6, 6.07) is 0. The number of aryl methyl sites for hydroxylation is 1. The van der Waals surface area contributed by atoms with Crippen LogP contribution in [0.15, 0.2) is 17.2 Å². The summed E-state index contributed by atoms with van der Waals surface area (Å²) in [4.78, 5) is 16.7. The summed E-state index contributed by atoms with van der Waals surface area (Å²) in [6.45, 7) is 0.598. The zero-order chi connectivity index (χ0) is 17.0. The van der Waals surface area contributed by atoms with Crippen LogP contribution in [0, 0.1) is 0 Å². The molecule has 1 aliphatic heterocycles. The summed E-state index contributed by atoms with van der Waals surface area (Å²) in [7, 11) is 0. The third-order valence-corrected chi connectivity index (χ3v) is 6.57. The minimum Gasteiger partial charge on any atom is -0.581 e. The Bertz CT molecular complexity index is 1000. The largest absolute Gasteiger partial charge is 0.581 e. The molecule has 5 rings (SSSR count). The quantitative estimate of drug-likeness (QED) is 0.572. The number of aromatic amines is 1. The fourth-order valence-corrected chi connectivity index (χ4v) is 5.31. The minimum atomic E-state index is -0.921. The minimum absolute atomic E-state index is 0. The second kappa shape index (κ2) is 6.61. The Morgan fingerprint density at radius 3 is 2.85 bits per heavy atom. The van der Waals surface area contributed by atoms with E-state index in [1.54, 1.807) is 12.4 Å². The van der Waals surface area contributed by atoms with Crippen molar-refractivity contribution in [2.75, 3.05) is 6.61 Å². The first-order valence-electron chi connectivity index (χ1n) is 8.68. The molecule has 1 saturated carbocycles. The van der Waals surface area contributed by atoms with E-state index in [9.17, 15) is 9.90 Å². The number of H-pyrrole nitrogens is 1. The normalized spacial score (nSPS) is 18.3. The first-order chi connectivity index (χ1) is 12.2. The van der Waals surface area contributed by atoms with E-state index in [1.165, 1.54) is 11.3 Å². The van der Waals surface area contributed by atoms with Gasteiger partial charge in [-0.1, -0.05) is 12.8 Å². The molecule has 0 bridgehead atoms. The van der Waals surface area contributed by atoms with Gasteiger partial charge >= 0.3 is 0 Å². The van der Waals surface area contributed by atoms with Gasteiger partial charge in [-0.3, -0.25) is 4.79 Å². The van der Waals surface area contributed by atoms with Crippen LogP contribution < -0.4 is 15.4 Å². The molecule has 6 nitrogen and oxygen atoms in total. The summed E-state index contributed by atoms with van der Waals surface area (Å²) in [5, 5.41) is 19.8. The van der Waals surface area contributed by atoms with Crippen LogP contribution in [0.5, 0.6) is 5.75 Å².